The highest BCUT2D eigenvalue weighted by atomic mass is 16.5. The van der Waals surface area contributed by atoms with Gasteiger partial charge in [-0.2, -0.15) is 0 Å². The molecule has 5 nitrogen and oxygen atoms in total. The first kappa shape index (κ1) is 11.0. The second kappa shape index (κ2) is 4.99. The number of methoxy groups -OCH3 is 1. The first-order valence-electron chi connectivity index (χ1n) is 4.38. The summed E-state index contributed by atoms with van der Waals surface area (Å²) in [6.45, 7) is 0.121. The summed E-state index contributed by atoms with van der Waals surface area (Å²) in [4.78, 5) is 10.8. The van der Waals surface area contributed by atoms with E-state index in [9.17, 15) is 4.79 Å². The topological polar surface area (TPSA) is 88.2 Å². The molecular weight excluding hydrogens is 194 g/mol. The predicted molar refractivity (Wildman–Crippen MR) is 58.0 cm³/mol. The number of hydrogen-bond donors (Lipinski definition) is 3. The minimum Gasteiger partial charge on any atom is -0.468 e. The summed E-state index contributed by atoms with van der Waals surface area (Å²) in [6, 6.07) is 6.92. The summed E-state index contributed by atoms with van der Waals surface area (Å²) in [5, 5.41) is 10.1. The molecule has 0 aliphatic heterocycles. The van der Waals surface area contributed by atoms with Gasteiger partial charge in [-0.25, -0.2) is 0 Å². The Morgan fingerprint density at radius 1 is 1.47 bits per heavy atom. The fourth-order valence-corrected chi connectivity index (χ4v) is 1.01. The first-order chi connectivity index (χ1) is 7.13. The fraction of sp³-hybridized carbons (Fsp3) is 0.200. The fourth-order valence-electron chi connectivity index (χ4n) is 1.01. The van der Waals surface area contributed by atoms with Crippen molar-refractivity contribution in [1.29, 1.82) is 5.41 Å². The number of benzene rings is 1. The minimum atomic E-state index is -0.328. The van der Waals surface area contributed by atoms with Gasteiger partial charge in [-0.15, -0.1) is 0 Å². The lowest BCUT2D eigenvalue weighted by molar-refractivity contribution is -0.138. The van der Waals surface area contributed by atoms with Crippen molar-refractivity contribution in [2.75, 3.05) is 19.0 Å². The van der Waals surface area contributed by atoms with Crippen LogP contribution >= 0.6 is 0 Å². The Labute approximate surface area is 87.7 Å². The maximum Gasteiger partial charge on any atom is 0.325 e. The number of carbonyl (C=O) groups is 1. The van der Waals surface area contributed by atoms with Crippen LogP contribution in [0.5, 0.6) is 0 Å². The van der Waals surface area contributed by atoms with Gasteiger partial charge in [-0.3, -0.25) is 10.2 Å². The van der Waals surface area contributed by atoms with Crippen molar-refractivity contribution in [2.45, 2.75) is 0 Å². The van der Waals surface area contributed by atoms with Crippen molar-refractivity contribution in [3.05, 3.63) is 29.8 Å². The Morgan fingerprint density at radius 2 is 2.07 bits per heavy atom. The number of amidine groups is 1. The average Bonchev–Trinajstić information content (AvgIpc) is 2.26. The molecule has 0 bridgehead atoms. The summed E-state index contributed by atoms with van der Waals surface area (Å²) in [5.74, 6) is -0.305. The highest BCUT2D eigenvalue weighted by Gasteiger charge is 2.00. The molecule has 4 N–H and O–H groups in total. The Morgan fingerprint density at radius 3 is 2.53 bits per heavy atom. The molecule has 0 aliphatic carbocycles. The number of nitrogens with two attached hydrogens (primary N) is 1. The van der Waals surface area contributed by atoms with Gasteiger partial charge in [-0.05, 0) is 24.3 Å². The third kappa shape index (κ3) is 3.30. The van der Waals surface area contributed by atoms with Crippen molar-refractivity contribution >= 4 is 17.5 Å². The van der Waals surface area contributed by atoms with Crippen LogP contribution in [-0.2, 0) is 9.53 Å². The summed E-state index contributed by atoms with van der Waals surface area (Å²) < 4.78 is 4.48. The predicted octanol–water partition coefficient (Wildman–Crippen LogP) is 0.556. The van der Waals surface area contributed by atoms with Crippen LogP contribution in [0.3, 0.4) is 0 Å². The van der Waals surface area contributed by atoms with Crippen molar-refractivity contribution < 1.29 is 9.53 Å². The van der Waals surface area contributed by atoms with Crippen LogP contribution in [0.4, 0.5) is 5.69 Å². The van der Waals surface area contributed by atoms with Crippen LogP contribution in [0.15, 0.2) is 24.3 Å². The van der Waals surface area contributed by atoms with E-state index < -0.39 is 0 Å². The van der Waals surface area contributed by atoms with E-state index in [2.05, 4.69) is 10.1 Å². The van der Waals surface area contributed by atoms with E-state index in [4.69, 9.17) is 11.1 Å². The zero-order chi connectivity index (χ0) is 11.3. The molecule has 0 unspecified atom stereocenters. The minimum absolute atomic E-state index is 0.0227. The number of ether oxygens (including phenoxy) is 1. The second-order valence-electron chi connectivity index (χ2n) is 2.92. The van der Waals surface area contributed by atoms with Gasteiger partial charge in [0.2, 0.25) is 0 Å². The molecule has 0 atom stereocenters. The van der Waals surface area contributed by atoms with Gasteiger partial charge in [0.25, 0.3) is 0 Å². The van der Waals surface area contributed by atoms with Crippen molar-refractivity contribution in [1.82, 2.24) is 0 Å². The number of esters is 1. The monoisotopic (exact) mass is 207 g/mol. The molecule has 0 saturated heterocycles. The van der Waals surface area contributed by atoms with E-state index in [1.807, 2.05) is 0 Å². The Hall–Kier alpha value is -2.04. The van der Waals surface area contributed by atoms with Crippen molar-refractivity contribution in [3.8, 4) is 0 Å². The molecule has 15 heavy (non-hydrogen) atoms. The molecule has 1 aromatic rings. The van der Waals surface area contributed by atoms with Gasteiger partial charge in [0, 0.05) is 11.3 Å². The molecule has 0 spiro atoms. The molecule has 0 fully saturated rings. The normalized spacial score (nSPS) is 9.40. The van der Waals surface area contributed by atoms with Crippen LogP contribution in [0.25, 0.3) is 0 Å². The Balaban J connectivity index is 2.57. The van der Waals surface area contributed by atoms with E-state index in [0.717, 1.165) is 5.69 Å². The lowest BCUT2D eigenvalue weighted by atomic mass is 10.2. The van der Waals surface area contributed by atoms with E-state index in [1.165, 1.54) is 7.11 Å². The average molecular weight is 207 g/mol. The first-order valence-corrected chi connectivity index (χ1v) is 4.38. The van der Waals surface area contributed by atoms with E-state index >= 15 is 0 Å². The number of carbonyl (C=O) groups excluding carboxylic acids is 1. The largest absolute Gasteiger partial charge is 0.468 e. The lowest BCUT2D eigenvalue weighted by Crippen LogP contribution is -2.15. The summed E-state index contributed by atoms with van der Waals surface area (Å²) in [5.41, 5.74) is 6.73. The molecule has 0 amide bonds. The van der Waals surface area contributed by atoms with E-state index in [0.29, 0.717) is 5.56 Å². The Bertz CT molecular complexity index is 359. The zero-order valence-corrected chi connectivity index (χ0v) is 8.41. The molecule has 80 valence electrons. The van der Waals surface area contributed by atoms with Crippen molar-refractivity contribution in [3.63, 3.8) is 0 Å². The molecule has 0 heterocycles. The standard InChI is InChI=1S/C10H13N3O2/c1-15-9(14)6-13-8-4-2-7(3-5-8)10(11)12/h2-5,13H,6H2,1H3,(H3,11,12). The highest BCUT2D eigenvalue weighted by molar-refractivity contribution is 5.95. The van der Waals surface area contributed by atoms with Gasteiger partial charge >= 0.3 is 5.97 Å². The number of hydrogen-bond acceptors (Lipinski definition) is 4. The zero-order valence-electron chi connectivity index (χ0n) is 8.41. The van der Waals surface area contributed by atoms with Gasteiger partial charge in [0.15, 0.2) is 0 Å². The summed E-state index contributed by atoms with van der Waals surface area (Å²) in [6.07, 6.45) is 0. The quantitative estimate of drug-likeness (QED) is 0.382. The molecule has 0 aliphatic rings. The molecule has 0 radical (unpaired) electrons. The van der Waals surface area contributed by atoms with Crippen LogP contribution in [0.1, 0.15) is 5.56 Å². The molecule has 5 heteroatoms. The van der Waals surface area contributed by atoms with Gasteiger partial charge < -0.3 is 15.8 Å². The number of nitrogen functional groups attached to an aromatic ring is 1. The van der Waals surface area contributed by atoms with Crippen molar-refractivity contribution in [2.24, 2.45) is 5.73 Å². The molecular formula is C10H13N3O2. The summed E-state index contributed by atoms with van der Waals surface area (Å²) >= 11 is 0. The van der Waals surface area contributed by atoms with Gasteiger partial charge in [-0.1, -0.05) is 0 Å². The van der Waals surface area contributed by atoms with Crippen LogP contribution in [-0.4, -0.2) is 25.5 Å². The molecule has 1 rings (SSSR count). The molecule has 1 aromatic carbocycles. The maximum atomic E-state index is 10.8. The lowest BCUT2D eigenvalue weighted by Gasteiger charge is -2.05. The number of anilines is 1. The van der Waals surface area contributed by atoms with Crippen LogP contribution < -0.4 is 11.1 Å². The number of rotatable bonds is 4. The maximum absolute atomic E-state index is 10.8. The smallest absolute Gasteiger partial charge is 0.325 e. The van der Waals surface area contributed by atoms with E-state index in [-0.39, 0.29) is 18.3 Å². The summed E-state index contributed by atoms with van der Waals surface area (Å²) in [7, 11) is 1.34. The third-order valence-corrected chi connectivity index (χ3v) is 1.86. The molecule has 0 saturated carbocycles. The van der Waals surface area contributed by atoms with Crippen LogP contribution in [0, 0.1) is 5.41 Å². The SMILES string of the molecule is COC(=O)CNc1ccc(C(=N)N)cc1. The van der Waals surface area contributed by atoms with Gasteiger partial charge in [0.05, 0.1) is 7.11 Å². The Kier molecular flexibility index (Phi) is 3.68. The highest BCUT2D eigenvalue weighted by Crippen LogP contribution is 2.08. The van der Waals surface area contributed by atoms with Crippen LogP contribution in [0.2, 0.25) is 0 Å². The van der Waals surface area contributed by atoms with E-state index in [1.54, 1.807) is 24.3 Å². The third-order valence-electron chi connectivity index (χ3n) is 1.86. The van der Waals surface area contributed by atoms with Gasteiger partial charge in [0.1, 0.15) is 12.4 Å². The number of nitrogens with one attached hydrogen (secondary N) is 2. The second-order valence-corrected chi connectivity index (χ2v) is 2.92. The molecule has 0 aromatic heterocycles.